The molecule has 140 valence electrons. The number of anilines is 1. The second kappa shape index (κ2) is 7.08. The number of nitrogens with two attached hydrogens (primary N) is 1. The Morgan fingerprint density at radius 2 is 1.82 bits per heavy atom. The van der Waals surface area contributed by atoms with Crippen molar-refractivity contribution in [2.45, 2.75) is 13.5 Å². The first-order chi connectivity index (χ1) is 13.5. The van der Waals surface area contributed by atoms with Gasteiger partial charge in [0.1, 0.15) is 5.69 Å². The first-order valence-electron chi connectivity index (χ1n) is 8.85. The summed E-state index contributed by atoms with van der Waals surface area (Å²) in [4.78, 5) is 24.1. The zero-order valence-electron chi connectivity index (χ0n) is 15.3. The molecule has 4 rings (SSSR count). The van der Waals surface area contributed by atoms with Crippen LogP contribution in [-0.4, -0.2) is 16.4 Å². The van der Waals surface area contributed by atoms with Gasteiger partial charge >= 0.3 is 0 Å². The Bertz CT molecular complexity index is 1170. The minimum absolute atomic E-state index is 0.258. The molecule has 6 heteroatoms. The summed E-state index contributed by atoms with van der Waals surface area (Å²) in [6, 6.07) is 18.1. The summed E-state index contributed by atoms with van der Waals surface area (Å²) in [5.41, 5.74) is 10.5. The van der Waals surface area contributed by atoms with Crippen LogP contribution in [0.2, 0.25) is 0 Å². The second-order valence-electron chi connectivity index (χ2n) is 6.61. The second-order valence-corrected chi connectivity index (χ2v) is 6.61. The van der Waals surface area contributed by atoms with E-state index in [-0.39, 0.29) is 5.91 Å². The molecule has 0 aliphatic heterocycles. The summed E-state index contributed by atoms with van der Waals surface area (Å²) in [6.07, 6.45) is 1.61. The Labute approximate surface area is 161 Å². The van der Waals surface area contributed by atoms with Gasteiger partial charge in [-0.3, -0.25) is 9.59 Å². The molecule has 0 bridgehead atoms. The van der Waals surface area contributed by atoms with E-state index in [0.717, 1.165) is 16.6 Å². The maximum Gasteiger partial charge on any atom is 0.272 e. The lowest BCUT2D eigenvalue weighted by atomic mass is 10.1. The summed E-state index contributed by atoms with van der Waals surface area (Å²) in [5.74, 6) is -0.767. The molecule has 28 heavy (non-hydrogen) atoms. The zero-order chi connectivity index (χ0) is 19.7. The number of furan rings is 1. The van der Waals surface area contributed by atoms with E-state index in [1.807, 2.05) is 41.8 Å². The molecule has 0 aliphatic carbocycles. The fourth-order valence-electron chi connectivity index (χ4n) is 3.21. The molecule has 2 aromatic carbocycles. The van der Waals surface area contributed by atoms with E-state index in [9.17, 15) is 9.59 Å². The summed E-state index contributed by atoms with van der Waals surface area (Å²) >= 11 is 0. The molecular weight excluding hydrogens is 354 g/mol. The van der Waals surface area contributed by atoms with Gasteiger partial charge in [0.15, 0.2) is 5.58 Å². The molecular formula is C22H19N3O3. The largest absolute Gasteiger partial charge is 0.463 e. The van der Waals surface area contributed by atoms with E-state index >= 15 is 0 Å². The maximum atomic E-state index is 12.9. The van der Waals surface area contributed by atoms with Gasteiger partial charge in [0.05, 0.1) is 11.8 Å². The number of rotatable bonds is 5. The molecule has 2 heterocycles. The van der Waals surface area contributed by atoms with Gasteiger partial charge in [-0.15, -0.1) is 0 Å². The highest BCUT2D eigenvalue weighted by Crippen LogP contribution is 2.24. The third kappa shape index (κ3) is 3.27. The van der Waals surface area contributed by atoms with Gasteiger partial charge in [0.25, 0.3) is 5.91 Å². The smallest absolute Gasteiger partial charge is 0.272 e. The van der Waals surface area contributed by atoms with Gasteiger partial charge in [0, 0.05) is 29.9 Å². The molecule has 0 atom stereocenters. The quantitative estimate of drug-likeness (QED) is 0.555. The SMILES string of the molecule is Cc1ccccc1Cn1c(C(=O)Nc2ccc(C(N)=O)cc2)cc2occc21. The molecule has 0 aliphatic rings. The average molecular weight is 373 g/mol. The highest BCUT2D eigenvalue weighted by atomic mass is 16.3. The van der Waals surface area contributed by atoms with E-state index in [1.165, 1.54) is 0 Å². The maximum absolute atomic E-state index is 12.9. The number of nitrogens with one attached hydrogen (secondary N) is 1. The van der Waals surface area contributed by atoms with Crippen LogP contribution in [0.3, 0.4) is 0 Å². The molecule has 2 aromatic heterocycles. The Morgan fingerprint density at radius 3 is 2.54 bits per heavy atom. The van der Waals surface area contributed by atoms with Gasteiger partial charge in [-0.2, -0.15) is 0 Å². The van der Waals surface area contributed by atoms with Crippen molar-refractivity contribution in [3.8, 4) is 0 Å². The Hall–Kier alpha value is -3.80. The van der Waals surface area contributed by atoms with Crippen LogP contribution in [0, 0.1) is 6.92 Å². The average Bonchev–Trinajstić information content (AvgIpc) is 3.26. The molecule has 0 radical (unpaired) electrons. The lowest BCUT2D eigenvalue weighted by Crippen LogP contribution is -2.18. The van der Waals surface area contributed by atoms with Gasteiger partial charge < -0.3 is 20.0 Å². The highest BCUT2D eigenvalue weighted by molar-refractivity contribution is 6.06. The van der Waals surface area contributed by atoms with Crippen molar-refractivity contribution < 1.29 is 14.0 Å². The number of benzene rings is 2. The molecule has 6 nitrogen and oxygen atoms in total. The van der Waals surface area contributed by atoms with Crippen LogP contribution in [0.25, 0.3) is 11.1 Å². The monoisotopic (exact) mass is 373 g/mol. The van der Waals surface area contributed by atoms with Gasteiger partial charge in [-0.25, -0.2) is 0 Å². The number of carbonyl (C=O) groups is 2. The van der Waals surface area contributed by atoms with Gasteiger partial charge in [-0.1, -0.05) is 24.3 Å². The van der Waals surface area contributed by atoms with E-state index < -0.39 is 5.91 Å². The van der Waals surface area contributed by atoms with Crippen molar-refractivity contribution in [1.82, 2.24) is 4.57 Å². The number of nitrogens with zero attached hydrogens (tertiary/aromatic N) is 1. The molecule has 3 N–H and O–H groups in total. The summed E-state index contributed by atoms with van der Waals surface area (Å²) in [5, 5.41) is 2.86. The van der Waals surface area contributed by atoms with Crippen molar-refractivity contribution in [3.63, 3.8) is 0 Å². The van der Waals surface area contributed by atoms with Crippen LogP contribution in [0.1, 0.15) is 32.0 Å². The number of aryl methyl sites for hydroxylation is 1. The first kappa shape index (κ1) is 17.6. The van der Waals surface area contributed by atoms with Crippen LogP contribution in [0.15, 0.2) is 71.3 Å². The summed E-state index contributed by atoms with van der Waals surface area (Å²) < 4.78 is 7.44. The number of aromatic nitrogens is 1. The predicted octanol–water partition coefficient (Wildman–Crippen LogP) is 3.94. The van der Waals surface area contributed by atoms with Crippen molar-refractivity contribution in [2.75, 3.05) is 5.32 Å². The number of fused-ring (bicyclic) bond motifs is 1. The fourth-order valence-corrected chi connectivity index (χ4v) is 3.21. The number of primary amides is 1. The van der Waals surface area contributed by atoms with E-state index in [0.29, 0.717) is 29.1 Å². The molecule has 0 unspecified atom stereocenters. The summed E-state index contributed by atoms with van der Waals surface area (Å²) in [7, 11) is 0. The molecule has 0 saturated heterocycles. The normalized spacial score (nSPS) is 10.9. The van der Waals surface area contributed by atoms with Crippen molar-refractivity contribution in [2.24, 2.45) is 5.73 Å². The summed E-state index contributed by atoms with van der Waals surface area (Å²) in [6.45, 7) is 2.60. The predicted molar refractivity (Wildman–Crippen MR) is 107 cm³/mol. The number of hydrogen-bond acceptors (Lipinski definition) is 3. The third-order valence-electron chi connectivity index (χ3n) is 4.77. The van der Waals surface area contributed by atoms with E-state index in [4.69, 9.17) is 10.2 Å². The standard InChI is InChI=1S/C22H19N3O3/c1-14-4-2-3-5-16(14)13-25-18-10-11-28-20(18)12-19(25)22(27)24-17-8-6-15(7-9-17)21(23)26/h2-12H,13H2,1H3,(H2,23,26)(H,24,27). The number of amides is 2. The van der Waals surface area contributed by atoms with Crippen LogP contribution < -0.4 is 11.1 Å². The lowest BCUT2D eigenvalue weighted by Gasteiger charge is -2.12. The minimum atomic E-state index is -0.509. The van der Waals surface area contributed by atoms with Gasteiger partial charge in [0.2, 0.25) is 5.91 Å². The number of hydrogen-bond donors (Lipinski definition) is 2. The van der Waals surface area contributed by atoms with Crippen LogP contribution >= 0.6 is 0 Å². The lowest BCUT2D eigenvalue weighted by molar-refractivity contribution is 0.0997. The molecule has 2 amide bonds. The van der Waals surface area contributed by atoms with Crippen molar-refractivity contribution in [3.05, 3.63) is 89.3 Å². The fraction of sp³-hybridized carbons (Fsp3) is 0.0909. The Kier molecular flexibility index (Phi) is 4.45. The van der Waals surface area contributed by atoms with Gasteiger partial charge in [-0.05, 0) is 42.3 Å². The van der Waals surface area contributed by atoms with E-state index in [2.05, 4.69) is 5.32 Å². The van der Waals surface area contributed by atoms with Crippen LogP contribution in [0.4, 0.5) is 5.69 Å². The minimum Gasteiger partial charge on any atom is -0.463 e. The number of carbonyl (C=O) groups excluding carboxylic acids is 2. The molecule has 0 spiro atoms. The van der Waals surface area contributed by atoms with Crippen LogP contribution in [0.5, 0.6) is 0 Å². The third-order valence-corrected chi connectivity index (χ3v) is 4.77. The molecule has 4 aromatic rings. The Morgan fingerprint density at radius 1 is 1.07 bits per heavy atom. The Balaban J connectivity index is 1.66. The van der Waals surface area contributed by atoms with Crippen LogP contribution in [-0.2, 0) is 6.54 Å². The molecule has 0 fully saturated rings. The van der Waals surface area contributed by atoms with E-state index in [1.54, 1.807) is 36.6 Å². The van der Waals surface area contributed by atoms with Crippen molar-refractivity contribution >= 4 is 28.6 Å². The van der Waals surface area contributed by atoms with Crippen molar-refractivity contribution in [1.29, 1.82) is 0 Å². The molecule has 0 saturated carbocycles. The highest BCUT2D eigenvalue weighted by Gasteiger charge is 2.18. The first-order valence-corrected chi connectivity index (χ1v) is 8.85. The topological polar surface area (TPSA) is 90.3 Å². The zero-order valence-corrected chi connectivity index (χ0v) is 15.3.